The lowest BCUT2D eigenvalue weighted by atomic mass is 9.79. The van der Waals surface area contributed by atoms with E-state index in [2.05, 4.69) is 178 Å². The minimum Gasteiger partial charge on any atom is -0.300 e. The second-order valence-electron chi connectivity index (χ2n) is 15.9. The molecule has 0 amide bonds. The normalized spacial score (nSPS) is 13.2. The van der Waals surface area contributed by atoms with Gasteiger partial charge in [-0.15, -0.1) is 0 Å². The molecule has 0 atom stereocenters. The number of hydrogen-bond donors (Lipinski definition) is 1. The van der Waals surface area contributed by atoms with E-state index in [0.717, 1.165) is 38.9 Å². The molecule has 59 heavy (non-hydrogen) atoms. The highest BCUT2D eigenvalue weighted by atomic mass is 14.7. The fraction of sp³-hybridized carbons (Fsp3) is 0.0526. The molecular weight excluding hydrogens is 713 g/mol. The van der Waals surface area contributed by atoms with Crippen LogP contribution in [-0.4, -0.2) is 11.9 Å². The molecule has 0 radical (unpaired) electrons. The van der Waals surface area contributed by atoms with Crippen LogP contribution in [0.1, 0.15) is 41.7 Å². The Balaban J connectivity index is 0.977. The number of fused-ring (bicyclic) bond motifs is 6. The molecule has 0 aliphatic heterocycles. The summed E-state index contributed by atoms with van der Waals surface area (Å²) in [5.41, 5.74) is 16.4. The molecule has 0 fully saturated rings. The first-order chi connectivity index (χ1) is 28.9. The zero-order valence-electron chi connectivity index (χ0n) is 33.2. The van der Waals surface area contributed by atoms with Crippen molar-refractivity contribution in [1.82, 2.24) is 0 Å². The SMILES string of the molecule is CC1(C)c2cc(-c3ccc(-c4ccc(C=N/C(=C\C(=N)c5ccccc5)c5cccc(-c6ccccc6)c5)c5ccccc45)cc3)ccc2-c2ccc3ccccc3c21. The fourth-order valence-corrected chi connectivity index (χ4v) is 8.97. The van der Waals surface area contributed by atoms with E-state index in [0.29, 0.717) is 5.71 Å². The van der Waals surface area contributed by atoms with Crippen LogP contribution in [0.2, 0.25) is 0 Å². The Labute approximate surface area is 346 Å². The van der Waals surface area contributed by atoms with Crippen LogP contribution in [0.5, 0.6) is 0 Å². The van der Waals surface area contributed by atoms with E-state index in [1.807, 2.05) is 48.7 Å². The van der Waals surface area contributed by atoms with Gasteiger partial charge in [0.05, 0.1) is 11.4 Å². The Morgan fingerprint density at radius 3 is 1.83 bits per heavy atom. The summed E-state index contributed by atoms with van der Waals surface area (Å²) in [7, 11) is 0. The molecule has 9 aromatic carbocycles. The number of allylic oxidation sites excluding steroid dienone is 1. The Hall–Kier alpha value is -7.42. The van der Waals surface area contributed by atoms with Gasteiger partial charge in [0.15, 0.2) is 0 Å². The quantitative estimate of drug-likeness (QED) is 0.150. The van der Waals surface area contributed by atoms with Gasteiger partial charge in [0, 0.05) is 22.8 Å². The summed E-state index contributed by atoms with van der Waals surface area (Å²) in [5, 5.41) is 13.9. The minimum atomic E-state index is -0.0994. The highest BCUT2D eigenvalue weighted by Gasteiger charge is 2.37. The molecule has 10 rings (SSSR count). The molecule has 2 nitrogen and oxygen atoms in total. The van der Waals surface area contributed by atoms with E-state index in [-0.39, 0.29) is 5.41 Å². The summed E-state index contributed by atoms with van der Waals surface area (Å²) in [6.45, 7) is 4.74. The van der Waals surface area contributed by atoms with Crippen LogP contribution in [0.4, 0.5) is 0 Å². The molecule has 0 spiro atoms. The third-order valence-electron chi connectivity index (χ3n) is 12.0. The van der Waals surface area contributed by atoms with E-state index >= 15 is 0 Å². The van der Waals surface area contributed by atoms with E-state index in [1.165, 1.54) is 60.7 Å². The Morgan fingerprint density at radius 1 is 0.458 bits per heavy atom. The van der Waals surface area contributed by atoms with Gasteiger partial charge in [-0.25, -0.2) is 0 Å². The maximum Gasteiger partial charge on any atom is 0.0723 e. The number of benzene rings is 9. The van der Waals surface area contributed by atoms with Crippen molar-refractivity contribution in [3.05, 3.63) is 234 Å². The van der Waals surface area contributed by atoms with Gasteiger partial charge in [0.1, 0.15) is 0 Å². The van der Waals surface area contributed by atoms with Gasteiger partial charge in [-0.3, -0.25) is 4.99 Å². The molecule has 280 valence electrons. The monoisotopic (exact) mass is 754 g/mol. The van der Waals surface area contributed by atoms with Gasteiger partial charge >= 0.3 is 0 Å². The fourth-order valence-electron chi connectivity index (χ4n) is 8.97. The van der Waals surface area contributed by atoms with E-state index in [4.69, 9.17) is 10.4 Å². The molecule has 1 aliphatic carbocycles. The van der Waals surface area contributed by atoms with Gasteiger partial charge < -0.3 is 5.41 Å². The van der Waals surface area contributed by atoms with E-state index in [9.17, 15) is 0 Å². The number of aliphatic imine (C=N–C) groups is 1. The lowest BCUT2D eigenvalue weighted by Crippen LogP contribution is -2.15. The molecule has 0 saturated carbocycles. The van der Waals surface area contributed by atoms with Crippen LogP contribution in [0.3, 0.4) is 0 Å². The first-order valence-corrected chi connectivity index (χ1v) is 20.3. The van der Waals surface area contributed by atoms with Crippen LogP contribution < -0.4 is 0 Å². The van der Waals surface area contributed by atoms with Gasteiger partial charge in [-0.2, -0.15) is 0 Å². The first-order valence-electron chi connectivity index (χ1n) is 20.3. The summed E-state index contributed by atoms with van der Waals surface area (Å²) in [6.07, 6.45) is 3.82. The summed E-state index contributed by atoms with van der Waals surface area (Å²) >= 11 is 0. The van der Waals surface area contributed by atoms with Crippen molar-refractivity contribution in [1.29, 1.82) is 5.41 Å². The molecule has 0 unspecified atom stereocenters. The Bertz CT molecular complexity index is 3110. The van der Waals surface area contributed by atoms with Crippen molar-refractivity contribution in [2.24, 2.45) is 4.99 Å². The van der Waals surface area contributed by atoms with Crippen LogP contribution in [0, 0.1) is 5.41 Å². The molecule has 0 heterocycles. The van der Waals surface area contributed by atoms with Crippen molar-refractivity contribution in [3.8, 4) is 44.5 Å². The third kappa shape index (κ3) is 6.59. The summed E-state index contributed by atoms with van der Waals surface area (Å²) in [4.78, 5) is 5.12. The number of hydrogen-bond acceptors (Lipinski definition) is 2. The zero-order chi connectivity index (χ0) is 39.9. The second-order valence-corrected chi connectivity index (χ2v) is 15.9. The third-order valence-corrected chi connectivity index (χ3v) is 12.0. The summed E-state index contributed by atoms with van der Waals surface area (Å²) < 4.78 is 0. The van der Waals surface area contributed by atoms with Crippen molar-refractivity contribution < 1.29 is 0 Å². The molecule has 1 N–H and O–H groups in total. The largest absolute Gasteiger partial charge is 0.300 e. The lowest BCUT2D eigenvalue weighted by molar-refractivity contribution is 0.666. The lowest BCUT2D eigenvalue weighted by Gasteiger charge is -2.23. The number of nitrogens with one attached hydrogen (secondary N) is 1. The van der Waals surface area contributed by atoms with Crippen molar-refractivity contribution in [2.45, 2.75) is 19.3 Å². The van der Waals surface area contributed by atoms with Crippen LogP contribution >= 0.6 is 0 Å². The summed E-state index contributed by atoms with van der Waals surface area (Å²) in [6, 6.07) is 70.9. The number of rotatable bonds is 8. The van der Waals surface area contributed by atoms with Gasteiger partial charge in [-0.05, 0) is 101 Å². The molecule has 1 aliphatic rings. The smallest absolute Gasteiger partial charge is 0.0723 e. The maximum atomic E-state index is 8.99. The molecular formula is C57H42N2. The molecule has 0 aromatic heterocycles. The van der Waals surface area contributed by atoms with Crippen LogP contribution in [0.25, 0.3) is 71.7 Å². The maximum absolute atomic E-state index is 8.99. The Morgan fingerprint density at radius 2 is 1.03 bits per heavy atom. The highest BCUT2D eigenvalue weighted by Crippen LogP contribution is 2.52. The average molecular weight is 755 g/mol. The molecule has 0 saturated heterocycles. The molecule has 9 aromatic rings. The minimum absolute atomic E-state index is 0.0994. The molecule has 2 heteroatoms. The van der Waals surface area contributed by atoms with Crippen molar-refractivity contribution >= 4 is 39.2 Å². The van der Waals surface area contributed by atoms with Gasteiger partial charge in [0.2, 0.25) is 0 Å². The second kappa shape index (κ2) is 14.8. The van der Waals surface area contributed by atoms with E-state index < -0.39 is 0 Å². The Kier molecular flexibility index (Phi) is 9.03. The van der Waals surface area contributed by atoms with Crippen molar-refractivity contribution in [2.75, 3.05) is 0 Å². The zero-order valence-corrected chi connectivity index (χ0v) is 33.2. The van der Waals surface area contributed by atoms with Crippen molar-refractivity contribution in [3.63, 3.8) is 0 Å². The average Bonchev–Trinajstić information content (AvgIpc) is 3.53. The predicted octanol–water partition coefficient (Wildman–Crippen LogP) is 14.8. The first kappa shape index (κ1) is 36.0. The molecule has 0 bridgehead atoms. The van der Waals surface area contributed by atoms with Gasteiger partial charge in [0.25, 0.3) is 0 Å². The standard InChI is InChI=1S/C57H42N2/c1-57(2)53-35-44(29-32-51(53)52-33-28-40-16-9-10-22-49(40)56(52)57)39-24-26-41(27-25-39)48-31-30-46(47-21-11-12-23-50(47)48)37-59-55(36-54(58)42-17-7-4-8-18-42)45-20-13-19-43(34-45)38-14-5-3-6-15-38/h3-37,58H,1-2H3/b55-36-,58-54?,59-37?. The summed E-state index contributed by atoms with van der Waals surface area (Å²) in [5.74, 6) is 0. The van der Waals surface area contributed by atoms with E-state index in [1.54, 1.807) is 0 Å². The van der Waals surface area contributed by atoms with Crippen LogP contribution in [0.15, 0.2) is 211 Å². The van der Waals surface area contributed by atoms with Gasteiger partial charge in [-0.1, -0.05) is 202 Å². The number of nitrogens with zero attached hydrogens (tertiary/aromatic N) is 1. The predicted molar refractivity (Wildman–Crippen MR) is 251 cm³/mol. The highest BCUT2D eigenvalue weighted by molar-refractivity contribution is 6.12. The van der Waals surface area contributed by atoms with Crippen LogP contribution in [-0.2, 0) is 5.41 Å². The topological polar surface area (TPSA) is 36.2 Å².